The van der Waals surface area contributed by atoms with Gasteiger partial charge in [0.1, 0.15) is 17.2 Å². The Hall–Kier alpha value is -5.62. The smallest absolute Gasteiger partial charge is 0.127 e. The van der Waals surface area contributed by atoms with E-state index < -0.39 is 13.3 Å². The maximum absolute atomic E-state index is 11.7. The van der Waals surface area contributed by atoms with Gasteiger partial charge in [0.2, 0.25) is 0 Å². The van der Waals surface area contributed by atoms with Crippen molar-refractivity contribution >= 4 is 12.4 Å². The quantitative estimate of drug-likeness (QED) is 0.105. The maximum atomic E-state index is 11.7. The molecule has 3 N–H and O–H groups in total. The number of hydrogen-bond donors (Lipinski definition) is 3. The predicted octanol–water partition coefficient (Wildman–Crippen LogP) is 14.5. The van der Waals surface area contributed by atoms with Crippen LogP contribution >= 0.6 is 0 Å². The molecule has 1 aliphatic heterocycles. The number of rotatable bonds is 8. The Balaban J connectivity index is 0.000000397. The molecular weight excluding hydrogens is 820 g/mol. The predicted molar refractivity (Wildman–Crippen MR) is 259 cm³/mol. The van der Waals surface area contributed by atoms with Crippen molar-refractivity contribution in [2.24, 2.45) is 8.02 Å². The second-order valence-electron chi connectivity index (χ2n) is 20.5. The number of nitrogens with zero attached hydrogens (tertiary/aromatic N) is 2. The number of phenolic OH excluding ortho intramolecular Hbond substituents is 3. The summed E-state index contributed by atoms with van der Waals surface area (Å²) >= 11 is -2.97. The zero-order valence-electron chi connectivity index (χ0n) is 39.1. The molecule has 0 amide bonds. The van der Waals surface area contributed by atoms with Crippen molar-refractivity contribution in [2.75, 3.05) is 0 Å². The van der Waals surface area contributed by atoms with Gasteiger partial charge in [0, 0.05) is 0 Å². The number of ether oxygens (including phenoxy) is 1. The second-order valence-corrected chi connectivity index (χ2v) is 24.4. The third-order valence-corrected chi connectivity index (χ3v) is 15.8. The summed E-state index contributed by atoms with van der Waals surface area (Å²) in [6.45, 7) is 26.0. The largest absolute Gasteiger partial charge is 0.508 e. The fourth-order valence-electron chi connectivity index (χ4n) is 7.43. The first-order valence-corrected chi connectivity index (χ1v) is 24.1. The van der Waals surface area contributed by atoms with Gasteiger partial charge < -0.3 is 9.84 Å². The van der Waals surface area contributed by atoms with Crippen molar-refractivity contribution in [1.82, 2.24) is 0 Å². The molecule has 0 radical (unpaired) electrons. The summed E-state index contributed by atoms with van der Waals surface area (Å²) in [4.78, 5) is 0.186. The van der Waals surface area contributed by atoms with Gasteiger partial charge in [-0.25, -0.2) is 0 Å². The number of hydrogen-bond acceptors (Lipinski definition) is 6. The standard InChI is InChI=1S/2C15H22NO.C14H12.C12H10O2.Mn/c2*1-14(2,3)11-7-10(9-16)13(17)12(8-11)15(4,5)6;1-3-7-13(8-4-1)11-12-14-9-5-2-6-10-14;13-10-6-8-12(9-7-10)14-11-4-2-1-3-5-11;/h2*7-9,17H,1-6H3;1-12H;1-9,13H;/q2*-1;;;+2. The Kier molecular flexibility index (Phi) is 13.6. The molecule has 0 bridgehead atoms. The molecule has 7 rings (SSSR count). The van der Waals surface area contributed by atoms with Crippen LogP contribution in [0, 0.1) is 0 Å². The van der Waals surface area contributed by atoms with Crippen LogP contribution in [0.1, 0.15) is 137 Å². The number of para-hydroxylation sites is 1. The average Bonchev–Trinajstić information content (AvgIpc) is 3.88. The Labute approximate surface area is 379 Å². The van der Waals surface area contributed by atoms with E-state index in [0.717, 1.165) is 39.1 Å². The van der Waals surface area contributed by atoms with Crippen molar-refractivity contribution in [3.8, 4) is 28.7 Å². The first kappa shape index (κ1) is 46.9. The summed E-state index contributed by atoms with van der Waals surface area (Å²) in [7, 11) is 0. The minimum Gasteiger partial charge on any atom is -0.508 e. The van der Waals surface area contributed by atoms with Crippen molar-refractivity contribution < 1.29 is 33.3 Å². The van der Waals surface area contributed by atoms with Crippen LogP contribution in [0.25, 0.3) is 0 Å². The van der Waals surface area contributed by atoms with Gasteiger partial charge in [-0.1, -0.05) is 18.2 Å². The molecule has 1 heterocycles. The first-order chi connectivity index (χ1) is 29.5. The Morgan fingerprint density at radius 1 is 0.444 bits per heavy atom. The monoisotopic (exact) mass is 885 g/mol. The van der Waals surface area contributed by atoms with E-state index in [2.05, 4.69) is 156 Å². The van der Waals surface area contributed by atoms with Gasteiger partial charge in [-0.3, -0.25) is 0 Å². The Bertz CT molecular complexity index is 2400. The fraction of sp³-hybridized carbons (Fsp3) is 0.321. The molecule has 7 heteroatoms. The van der Waals surface area contributed by atoms with E-state index in [1.54, 1.807) is 24.3 Å². The van der Waals surface area contributed by atoms with E-state index in [-0.39, 0.29) is 48.5 Å². The minimum atomic E-state index is -2.97. The molecule has 0 aromatic heterocycles. The van der Waals surface area contributed by atoms with Crippen LogP contribution in [0.2, 0.25) is 0 Å². The van der Waals surface area contributed by atoms with Crippen molar-refractivity contribution in [3.63, 3.8) is 0 Å². The van der Waals surface area contributed by atoms with Crippen molar-refractivity contribution in [3.05, 3.63) is 184 Å². The van der Waals surface area contributed by atoms with Crippen LogP contribution in [0.15, 0.2) is 148 Å². The average molecular weight is 886 g/mol. The van der Waals surface area contributed by atoms with Crippen molar-refractivity contribution in [2.45, 2.75) is 114 Å². The molecule has 6 aromatic rings. The van der Waals surface area contributed by atoms with E-state index in [4.69, 9.17) is 17.9 Å². The molecule has 1 aliphatic rings. The molecule has 0 unspecified atom stereocenters. The molecule has 1 saturated heterocycles. The summed E-state index contributed by atoms with van der Waals surface area (Å²) in [5.74, 6) is 2.30. The van der Waals surface area contributed by atoms with Gasteiger partial charge in [-0.05, 0) is 36.4 Å². The van der Waals surface area contributed by atoms with E-state index in [0.29, 0.717) is 5.75 Å². The summed E-state index contributed by atoms with van der Waals surface area (Å²) in [6, 6.07) is 45.8. The summed E-state index contributed by atoms with van der Waals surface area (Å²) < 4.78 is 16.6. The van der Waals surface area contributed by atoms with E-state index in [1.165, 1.54) is 11.1 Å². The van der Waals surface area contributed by atoms with Gasteiger partial charge >= 0.3 is 299 Å². The molecule has 6 aromatic carbocycles. The van der Waals surface area contributed by atoms with Gasteiger partial charge in [0.15, 0.2) is 0 Å². The second kappa shape index (κ2) is 18.2. The molecule has 331 valence electrons. The number of benzene rings is 6. The minimum absolute atomic E-state index is 0.0931. The molecule has 1 fully saturated rings. The molecule has 6 nitrogen and oxygen atoms in total. The molecule has 2 atom stereocenters. The Morgan fingerprint density at radius 2 is 0.794 bits per heavy atom. The van der Waals surface area contributed by atoms with Crippen LogP contribution in [-0.2, 0) is 34.9 Å². The van der Waals surface area contributed by atoms with Crippen molar-refractivity contribution in [1.29, 1.82) is 0 Å². The number of aromatic hydroxyl groups is 3. The normalized spacial score (nSPS) is 19.0. The molecule has 0 spiro atoms. The molecule has 63 heavy (non-hydrogen) atoms. The number of phenols is 3. The van der Waals surface area contributed by atoms with E-state index >= 15 is 0 Å². The summed E-state index contributed by atoms with van der Waals surface area (Å²) in [5, 5.41) is 32.5. The SMILES string of the molecule is CC(C)(C)c1cc(C=[N][Mn]2([N]=Cc3cc(C(C)(C)C)cc(C(C)(C)C)c3O)[C@H](c3ccccc3)[C@H]2c2ccccc2)c(O)c(C(C)(C)C)c1.Oc1ccc(Oc2ccccc2)cc1. The van der Waals surface area contributed by atoms with Gasteiger partial charge in [0.25, 0.3) is 0 Å². The van der Waals surface area contributed by atoms with E-state index in [9.17, 15) is 10.2 Å². The third kappa shape index (κ3) is 11.1. The first-order valence-electron chi connectivity index (χ1n) is 21.7. The van der Waals surface area contributed by atoms with Gasteiger partial charge in [-0.2, -0.15) is 0 Å². The van der Waals surface area contributed by atoms with Crippen LogP contribution in [0.5, 0.6) is 28.7 Å². The molecule has 0 saturated carbocycles. The fourth-order valence-corrected chi connectivity index (χ4v) is 12.5. The topological polar surface area (TPSA) is 94.6 Å². The van der Waals surface area contributed by atoms with Gasteiger partial charge in [0.05, 0.1) is 0 Å². The maximum Gasteiger partial charge on any atom is 0.127 e. The molecule has 0 aliphatic carbocycles. The van der Waals surface area contributed by atoms with E-state index in [1.807, 2.05) is 54.9 Å². The van der Waals surface area contributed by atoms with Crippen LogP contribution < -0.4 is 4.74 Å². The van der Waals surface area contributed by atoms with Crippen LogP contribution in [0.3, 0.4) is 0 Å². The summed E-state index contributed by atoms with van der Waals surface area (Å²) in [6.07, 6.45) is 3.80. The van der Waals surface area contributed by atoms with Crippen LogP contribution in [-0.4, -0.2) is 27.7 Å². The zero-order chi connectivity index (χ0) is 46.0. The Morgan fingerprint density at radius 3 is 1.14 bits per heavy atom. The van der Waals surface area contributed by atoms with Gasteiger partial charge in [-0.15, -0.1) is 0 Å². The molecular formula is C56H66MnN2O4. The zero-order valence-corrected chi connectivity index (χ0v) is 40.3. The summed E-state index contributed by atoms with van der Waals surface area (Å²) in [5.41, 5.74) is 7.29. The third-order valence-electron chi connectivity index (χ3n) is 11.2. The van der Waals surface area contributed by atoms with Crippen LogP contribution in [0.4, 0.5) is 0 Å².